The van der Waals surface area contributed by atoms with Crippen molar-refractivity contribution >= 4 is 17.7 Å². The number of unbranched alkanes of at least 4 members (excludes halogenated alkanes) is 96. The zero-order valence-electron chi connectivity index (χ0n) is 91.6. The Balaban J connectivity index is 0. The van der Waals surface area contributed by atoms with Crippen LogP contribution < -0.4 is 0 Å². The van der Waals surface area contributed by atoms with Gasteiger partial charge in [0.25, 0.3) is 0 Å². The van der Waals surface area contributed by atoms with Crippen LogP contribution in [0.5, 0.6) is 0 Å². The van der Waals surface area contributed by atoms with Crippen molar-refractivity contribution in [3.05, 3.63) is 36.5 Å². The number of carbonyl (C=O) groups excluding carboxylic acids is 3. The minimum atomic E-state index is -0.270. The van der Waals surface area contributed by atoms with Gasteiger partial charge in [-0.2, -0.15) is 0 Å². The monoisotopic (exact) mass is 1840 g/mol. The third-order valence-electron chi connectivity index (χ3n) is 29.2. The number of hydrogen-bond acceptors (Lipinski definition) is 4. The molecule has 0 saturated carbocycles. The van der Waals surface area contributed by atoms with Crippen LogP contribution in [-0.4, -0.2) is 47.2 Å². The van der Waals surface area contributed by atoms with Crippen LogP contribution in [-0.2, 0) is 14.4 Å². The second-order valence-electron chi connectivity index (χ2n) is 42.6. The van der Waals surface area contributed by atoms with Crippen LogP contribution in [0.1, 0.15) is 735 Å². The van der Waals surface area contributed by atoms with E-state index in [-0.39, 0.29) is 17.7 Å². The zero-order chi connectivity index (χ0) is 94.6. The number of hydrogen-bond donors (Lipinski definition) is 0. The Labute approximate surface area is 827 Å². The van der Waals surface area contributed by atoms with E-state index in [0.29, 0.717) is 19.3 Å². The molecule has 131 heavy (non-hydrogen) atoms. The van der Waals surface area contributed by atoms with Crippen molar-refractivity contribution < 1.29 is 14.4 Å². The number of carbonyl (C=O) groups is 3. The third kappa shape index (κ3) is 115. The lowest BCUT2D eigenvalue weighted by Gasteiger charge is -2.22. The Morgan fingerprint density at radius 2 is 0.229 bits per heavy atom. The van der Waals surface area contributed by atoms with E-state index >= 15 is 0 Å². The minimum Gasteiger partial charge on any atom is -0.303 e. The van der Waals surface area contributed by atoms with Gasteiger partial charge in [0, 0.05) is 19.3 Å². The highest BCUT2D eigenvalue weighted by Gasteiger charge is 2.27. The van der Waals surface area contributed by atoms with E-state index in [1.54, 1.807) is 0 Å². The van der Waals surface area contributed by atoms with Gasteiger partial charge in [-0.15, -0.1) is 0 Å². The van der Waals surface area contributed by atoms with Crippen LogP contribution in [0.25, 0.3) is 0 Å². The first-order valence-corrected chi connectivity index (χ1v) is 62.0. The molecule has 0 aliphatic heterocycles. The maximum atomic E-state index is 13.3. The van der Waals surface area contributed by atoms with E-state index in [1.165, 1.54) is 617 Å². The fourth-order valence-electron chi connectivity index (χ4n) is 20.0. The SMILES string of the molecule is CCCCCCCCC=CCCCCCCCC(=O)N(C(=O)CCCCCCCC=CCCCCCCCC)C(=O)CCCCCCCC=CCCCCCCCC.CCCCCCCCCCCCCCCCCCCCCCCCN(CCCCCCCCCCCCCCCCCCCCCCCC)CCCCCCCCCCCCCCCCCCCCCCCC. The lowest BCUT2D eigenvalue weighted by atomic mass is 10.0. The summed E-state index contributed by atoms with van der Waals surface area (Å²) >= 11 is 0. The molecule has 0 rings (SSSR count). The average molecular weight is 1840 g/mol. The lowest BCUT2D eigenvalue weighted by molar-refractivity contribution is -0.154. The maximum Gasteiger partial charge on any atom is 0.236 e. The highest BCUT2D eigenvalue weighted by Crippen LogP contribution is 2.24. The molecule has 0 atom stereocenters. The molecule has 5 nitrogen and oxygen atoms in total. The van der Waals surface area contributed by atoms with Gasteiger partial charge in [-0.25, -0.2) is 4.90 Å². The molecule has 0 aromatic rings. The molecule has 0 spiro atoms. The van der Waals surface area contributed by atoms with E-state index in [4.69, 9.17) is 0 Å². The van der Waals surface area contributed by atoms with Gasteiger partial charge in [0.1, 0.15) is 0 Å². The summed E-state index contributed by atoms with van der Waals surface area (Å²) in [4.78, 5) is 44.0. The van der Waals surface area contributed by atoms with Gasteiger partial charge in [0.15, 0.2) is 0 Å². The van der Waals surface area contributed by atoms with Crippen LogP contribution in [0.3, 0.4) is 0 Å². The standard InChI is InChI=1S/C72H147N.C54H99NO3/c1-4-7-10-13-16-19-22-25-28-31-34-37-40-43-46-49-52-55-58-61-64-67-70-73(71-68-65-62-59-56-53-50-47-44-41-38-35-32-29-26-23-20-17-14-11-8-5-2)72-69-66-63-60-57-54-51-48-45-42-39-36-33-30-27-24-21-18-15-12-9-6-3;1-4-7-10-13-16-19-22-25-28-31-34-37-40-43-46-49-52(56)55(53(57)50-47-44-41-38-35-32-29-26-23-20-17-14-11-8-5-2)54(58)51-48-45-42-39-36-33-30-27-24-21-18-15-12-9-6-3/h4-72H2,1-3H3;25-30H,4-24,31-51H2,1-3H3. The Kier molecular flexibility index (Phi) is 122. The molecule has 0 N–H and O–H groups in total. The van der Waals surface area contributed by atoms with E-state index in [1.807, 2.05) is 0 Å². The first-order valence-electron chi connectivity index (χ1n) is 62.0. The highest BCUT2D eigenvalue weighted by molar-refractivity contribution is 6.10. The Morgan fingerprint density at radius 3 is 0.351 bits per heavy atom. The summed E-state index contributed by atoms with van der Waals surface area (Å²) in [6, 6.07) is 0. The normalized spacial score (nSPS) is 11.8. The Morgan fingerprint density at radius 1 is 0.130 bits per heavy atom. The highest BCUT2D eigenvalue weighted by atomic mass is 16.2. The van der Waals surface area contributed by atoms with Crippen LogP contribution in [0, 0.1) is 0 Å². The van der Waals surface area contributed by atoms with Gasteiger partial charge >= 0.3 is 0 Å². The van der Waals surface area contributed by atoms with Gasteiger partial charge in [0.05, 0.1) is 0 Å². The summed E-state index contributed by atoms with van der Waals surface area (Å²) < 4.78 is 0. The van der Waals surface area contributed by atoms with Gasteiger partial charge in [-0.1, -0.05) is 637 Å². The Bertz CT molecular complexity index is 1940. The largest absolute Gasteiger partial charge is 0.303 e. The molecule has 0 aliphatic rings. The first kappa shape index (κ1) is 131. The van der Waals surface area contributed by atoms with Gasteiger partial charge in [-0.05, 0) is 135 Å². The van der Waals surface area contributed by atoms with E-state index < -0.39 is 0 Å². The summed E-state index contributed by atoms with van der Waals surface area (Å²) in [5, 5.41) is 0. The smallest absolute Gasteiger partial charge is 0.236 e. The molecule has 0 aliphatic carbocycles. The molecule has 3 amide bonds. The zero-order valence-corrected chi connectivity index (χ0v) is 91.6. The summed E-state index contributed by atoms with van der Waals surface area (Å²) in [6.45, 7) is 17.9. The molecule has 5 heteroatoms. The van der Waals surface area contributed by atoms with Crippen LogP contribution in [0.2, 0.25) is 0 Å². The van der Waals surface area contributed by atoms with Crippen molar-refractivity contribution in [3.8, 4) is 0 Å². The predicted molar refractivity (Wildman–Crippen MR) is 593 cm³/mol. The van der Waals surface area contributed by atoms with Crippen LogP contribution in [0.15, 0.2) is 36.5 Å². The quantitative estimate of drug-likeness (QED) is 0.0450. The summed E-state index contributed by atoms with van der Waals surface area (Å²) in [5.74, 6) is -0.811. The molecule has 0 aromatic carbocycles. The molecule has 0 saturated heterocycles. The fraction of sp³-hybridized carbons (Fsp3) is 0.929. The number of rotatable bonds is 114. The second kappa shape index (κ2) is 122. The van der Waals surface area contributed by atoms with Gasteiger partial charge in [0.2, 0.25) is 17.7 Å². The lowest BCUT2D eigenvalue weighted by Crippen LogP contribution is -2.41. The van der Waals surface area contributed by atoms with E-state index in [9.17, 15) is 14.4 Å². The molecule has 0 bridgehead atoms. The Hall–Kier alpha value is -2.01. The molecule has 0 fully saturated rings. The fourth-order valence-corrected chi connectivity index (χ4v) is 20.0. The molecule has 0 heterocycles. The van der Waals surface area contributed by atoms with Crippen molar-refractivity contribution in [1.29, 1.82) is 0 Å². The molecule has 0 radical (unpaired) electrons. The van der Waals surface area contributed by atoms with Crippen molar-refractivity contribution in [3.63, 3.8) is 0 Å². The van der Waals surface area contributed by atoms with Crippen LogP contribution >= 0.6 is 0 Å². The number of nitrogens with zero attached hydrogens (tertiary/aromatic N) is 2. The maximum absolute atomic E-state index is 13.3. The summed E-state index contributed by atoms with van der Waals surface area (Å²) in [6.07, 6.45) is 159. The minimum absolute atomic E-state index is 0.270. The van der Waals surface area contributed by atoms with Crippen molar-refractivity contribution in [2.75, 3.05) is 19.6 Å². The summed E-state index contributed by atoms with van der Waals surface area (Å²) in [5.41, 5.74) is 0. The summed E-state index contributed by atoms with van der Waals surface area (Å²) in [7, 11) is 0. The van der Waals surface area contributed by atoms with Gasteiger partial charge in [-0.3, -0.25) is 14.4 Å². The van der Waals surface area contributed by atoms with E-state index in [0.717, 1.165) is 81.9 Å². The topological polar surface area (TPSA) is 57.7 Å². The van der Waals surface area contributed by atoms with Crippen LogP contribution in [0.4, 0.5) is 0 Å². The molecule has 778 valence electrons. The molecule has 0 unspecified atom stereocenters. The van der Waals surface area contributed by atoms with Crippen molar-refractivity contribution in [2.24, 2.45) is 0 Å². The van der Waals surface area contributed by atoms with Crippen molar-refractivity contribution in [1.82, 2.24) is 9.80 Å². The first-order chi connectivity index (χ1) is 64.9. The van der Waals surface area contributed by atoms with E-state index in [2.05, 4.69) is 82.9 Å². The average Bonchev–Trinajstić information content (AvgIpc) is 0.867. The van der Waals surface area contributed by atoms with Gasteiger partial charge < -0.3 is 4.90 Å². The van der Waals surface area contributed by atoms with Crippen molar-refractivity contribution in [2.45, 2.75) is 735 Å². The second-order valence-corrected chi connectivity index (χ2v) is 42.6. The molecule has 0 aromatic heterocycles. The third-order valence-corrected chi connectivity index (χ3v) is 29.2. The number of imide groups is 3. The number of allylic oxidation sites excluding steroid dienone is 6. The predicted octanol–water partition coefficient (Wildman–Crippen LogP) is 45.1. The molecular weight excluding hydrogens is 1590 g/mol. The number of amides is 3. The molecular formula is C126H246N2O3.